The fourth-order valence-corrected chi connectivity index (χ4v) is 5.51. The number of carbonyl (C=O) groups excluding carboxylic acids is 1. The van der Waals surface area contributed by atoms with Crippen molar-refractivity contribution < 1.29 is 13.6 Å². The molecule has 1 aliphatic carbocycles. The van der Waals surface area contributed by atoms with Crippen molar-refractivity contribution in [3.05, 3.63) is 93.8 Å². The molecule has 188 valence electrons. The molecule has 6 nitrogen and oxygen atoms in total. The van der Waals surface area contributed by atoms with E-state index >= 15 is 0 Å². The predicted molar refractivity (Wildman–Crippen MR) is 134 cm³/mol. The van der Waals surface area contributed by atoms with Crippen LogP contribution in [0.5, 0.6) is 0 Å². The summed E-state index contributed by atoms with van der Waals surface area (Å²) in [4.78, 5) is 33.0. The number of hydrogen-bond acceptors (Lipinski definition) is 3. The van der Waals surface area contributed by atoms with E-state index in [1.54, 1.807) is 4.90 Å². The van der Waals surface area contributed by atoms with Gasteiger partial charge in [0, 0.05) is 61.1 Å². The normalized spacial score (nSPS) is 17.4. The molecule has 1 saturated heterocycles. The van der Waals surface area contributed by atoms with E-state index in [4.69, 9.17) is 0 Å². The highest BCUT2D eigenvalue weighted by Gasteiger charge is 2.44. The van der Waals surface area contributed by atoms with Crippen molar-refractivity contribution in [3.8, 4) is 11.3 Å². The molecule has 1 aliphatic heterocycles. The predicted octanol–water partition coefficient (Wildman–Crippen LogP) is 4.66. The van der Waals surface area contributed by atoms with Crippen molar-refractivity contribution in [2.24, 2.45) is 0 Å². The Morgan fingerprint density at radius 1 is 0.972 bits per heavy atom. The van der Waals surface area contributed by atoms with Gasteiger partial charge in [-0.25, -0.2) is 13.6 Å². The van der Waals surface area contributed by atoms with Gasteiger partial charge in [0.25, 0.3) is 5.56 Å². The van der Waals surface area contributed by atoms with E-state index in [1.165, 1.54) is 12.1 Å². The number of nitrogens with zero attached hydrogens (tertiary/aromatic N) is 2. The van der Waals surface area contributed by atoms with Crippen LogP contribution in [0.1, 0.15) is 36.8 Å². The van der Waals surface area contributed by atoms with Crippen molar-refractivity contribution >= 4 is 6.03 Å². The smallest absolute Gasteiger partial charge is 0.317 e. The summed E-state index contributed by atoms with van der Waals surface area (Å²) in [6, 6.07) is 16.7. The van der Waals surface area contributed by atoms with Crippen molar-refractivity contribution in [3.63, 3.8) is 0 Å². The van der Waals surface area contributed by atoms with Crippen molar-refractivity contribution in [1.82, 2.24) is 20.1 Å². The summed E-state index contributed by atoms with van der Waals surface area (Å²) in [5.74, 6) is -1.31. The summed E-state index contributed by atoms with van der Waals surface area (Å²) >= 11 is 0. The number of halogens is 2. The number of aromatic amines is 1. The van der Waals surface area contributed by atoms with Gasteiger partial charge in [-0.1, -0.05) is 55.3 Å². The van der Waals surface area contributed by atoms with E-state index in [0.717, 1.165) is 43.0 Å². The van der Waals surface area contributed by atoms with Crippen LogP contribution >= 0.6 is 0 Å². The second-order valence-electron chi connectivity index (χ2n) is 9.76. The number of carbonyl (C=O) groups is 1. The molecule has 1 aromatic heterocycles. The van der Waals surface area contributed by atoms with Crippen molar-refractivity contribution in [2.45, 2.75) is 44.3 Å². The number of benzene rings is 2. The molecule has 2 aromatic carbocycles. The van der Waals surface area contributed by atoms with Crippen LogP contribution in [0.25, 0.3) is 11.3 Å². The highest BCUT2D eigenvalue weighted by atomic mass is 19.1. The zero-order valence-corrected chi connectivity index (χ0v) is 20.1. The van der Waals surface area contributed by atoms with Gasteiger partial charge in [0.2, 0.25) is 0 Å². The van der Waals surface area contributed by atoms with E-state index in [0.29, 0.717) is 31.7 Å². The van der Waals surface area contributed by atoms with Crippen LogP contribution in [0.2, 0.25) is 0 Å². The van der Waals surface area contributed by atoms with Gasteiger partial charge in [-0.2, -0.15) is 0 Å². The molecule has 0 atom stereocenters. The summed E-state index contributed by atoms with van der Waals surface area (Å²) in [6.07, 6.45) is 4.08. The molecular weight excluding hydrogens is 462 g/mol. The molecule has 1 saturated carbocycles. The van der Waals surface area contributed by atoms with Crippen LogP contribution in [0, 0.1) is 11.6 Å². The summed E-state index contributed by atoms with van der Waals surface area (Å²) in [5.41, 5.74) is 2.45. The Hall–Kier alpha value is -3.52. The molecule has 3 aromatic rings. The Bertz CT molecular complexity index is 1290. The first-order chi connectivity index (χ1) is 17.4. The molecule has 2 heterocycles. The topological polar surface area (TPSA) is 68.4 Å². The molecule has 36 heavy (non-hydrogen) atoms. The summed E-state index contributed by atoms with van der Waals surface area (Å²) < 4.78 is 27.1. The zero-order chi connectivity index (χ0) is 25.1. The number of aromatic nitrogens is 1. The average molecular weight is 493 g/mol. The van der Waals surface area contributed by atoms with E-state index in [2.05, 4.69) is 15.2 Å². The molecule has 8 heteroatoms. The van der Waals surface area contributed by atoms with Gasteiger partial charge in [0.05, 0.1) is 0 Å². The third-order valence-electron chi connectivity index (χ3n) is 7.50. The van der Waals surface area contributed by atoms with Crippen LogP contribution in [0.15, 0.2) is 65.5 Å². The number of piperazine rings is 1. The van der Waals surface area contributed by atoms with Crippen LogP contribution in [-0.2, 0) is 13.1 Å². The van der Waals surface area contributed by atoms with Gasteiger partial charge in [-0.3, -0.25) is 9.69 Å². The highest BCUT2D eigenvalue weighted by Crippen LogP contribution is 2.38. The largest absolute Gasteiger partial charge is 0.334 e. The SMILES string of the molecule is O=C(NCc1ccc(F)cc1F)N1CCN(Cc2ccc(-c3ccccc3)[nH]c2=O)C2(CCCC2)C1. The van der Waals surface area contributed by atoms with Gasteiger partial charge in [0.1, 0.15) is 11.6 Å². The van der Waals surface area contributed by atoms with Gasteiger partial charge in [-0.15, -0.1) is 0 Å². The number of urea groups is 1. The lowest BCUT2D eigenvalue weighted by atomic mass is 9.91. The molecule has 2 amide bonds. The summed E-state index contributed by atoms with van der Waals surface area (Å²) in [7, 11) is 0. The zero-order valence-electron chi connectivity index (χ0n) is 20.1. The molecule has 2 fully saturated rings. The monoisotopic (exact) mass is 492 g/mol. The quantitative estimate of drug-likeness (QED) is 0.544. The van der Waals surface area contributed by atoms with Gasteiger partial charge >= 0.3 is 6.03 Å². The Morgan fingerprint density at radius 3 is 2.44 bits per heavy atom. The first-order valence-electron chi connectivity index (χ1n) is 12.4. The minimum atomic E-state index is -0.670. The first-order valence-corrected chi connectivity index (χ1v) is 12.4. The first kappa shape index (κ1) is 24.2. The van der Waals surface area contributed by atoms with Gasteiger partial charge < -0.3 is 15.2 Å². The van der Waals surface area contributed by atoms with E-state index < -0.39 is 11.6 Å². The molecule has 2 aliphatic rings. The van der Waals surface area contributed by atoms with Crippen LogP contribution < -0.4 is 10.9 Å². The van der Waals surface area contributed by atoms with Crippen LogP contribution in [0.3, 0.4) is 0 Å². The lowest BCUT2D eigenvalue weighted by molar-refractivity contribution is 0.00933. The van der Waals surface area contributed by atoms with Gasteiger partial charge in [0.15, 0.2) is 0 Å². The molecule has 0 unspecified atom stereocenters. The standard InChI is InChI=1S/C28H30F2N4O2/c29-23-10-8-21(24(30)16-23)17-31-27(36)33-14-15-34(28(19-33)12-4-5-13-28)18-22-9-11-25(32-26(22)35)20-6-2-1-3-7-20/h1-3,6-11,16H,4-5,12-15,17-19H2,(H,31,36)(H,32,35). The van der Waals surface area contributed by atoms with Crippen LogP contribution in [0.4, 0.5) is 13.6 Å². The second-order valence-corrected chi connectivity index (χ2v) is 9.76. The summed E-state index contributed by atoms with van der Waals surface area (Å²) in [5, 5.41) is 2.78. The third-order valence-corrected chi connectivity index (χ3v) is 7.50. The molecule has 1 spiro atoms. The van der Waals surface area contributed by atoms with Crippen molar-refractivity contribution in [1.29, 1.82) is 0 Å². The molecular formula is C28H30F2N4O2. The second kappa shape index (κ2) is 10.2. The fraction of sp³-hybridized carbons (Fsp3) is 0.357. The molecule has 0 bridgehead atoms. The maximum absolute atomic E-state index is 14.0. The maximum Gasteiger partial charge on any atom is 0.317 e. The lowest BCUT2D eigenvalue weighted by Gasteiger charge is -2.49. The minimum Gasteiger partial charge on any atom is -0.334 e. The van der Waals surface area contributed by atoms with E-state index in [1.807, 2.05) is 42.5 Å². The Morgan fingerprint density at radius 2 is 1.72 bits per heavy atom. The van der Waals surface area contributed by atoms with Crippen LogP contribution in [-0.4, -0.2) is 46.0 Å². The molecule has 2 N–H and O–H groups in total. The highest BCUT2D eigenvalue weighted by molar-refractivity contribution is 5.74. The van der Waals surface area contributed by atoms with Crippen molar-refractivity contribution in [2.75, 3.05) is 19.6 Å². The summed E-state index contributed by atoms with van der Waals surface area (Å²) in [6.45, 7) is 2.25. The number of H-pyrrole nitrogens is 1. The number of pyridine rings is 1. The average Bonchev–Trinajstić information content (AvgIpc) is 3.35. The fourth-order valence-electron chi connectivity index (χ4n) is 5.51. The Kier molecular flexibility index (Phi) is 6.87. The minimum absolute atomic E-state index is 0.00129. The lowest BCUT2D eigenvalue weighted by Crippen LogP contribution is -2.63. The third kappa shape index (κ3) is 5.04. The molecule has 5 rings (SSSR count). The number of nitrogens with one attached hydrogen (secondary N) is 2. The molecule has 0 radical (unpaired) electrons. The number of rotatable bonds is 5. The van der Waals surface area contributed by atoms with Gasteiger partial charge in [-0.05, 0) is 30.5 Å². The Balaban J connectivity index is 1.26. The van der Waals surface area contributed by atoms with E-state index in [-0.39, 0.29) is 29.2 Å². The van der Waals surface area contributed by atoms with E-state index in [9.17, 15) is 18.4 Å². The maximum atomic E-state index is 14.0. The number of amides is 2. The Labute approximate surface area is 208 Å². The number of hydrogen-bond donors (Lipinski definition) is 2.